The third-order valence-corrected chi connectivity index (χ3v) is 4.39. The Labute approximate surface area is 115 Å². The lowest BCUT2D eigenvalue weighted by Gasteiger charge is -2.28. The third-order valence-electron chi connectivity index (χ3n) is 4.39. The van der Waals surface area contributed by atoms with Gasteiger partial charge in [-0.25, -0.2) is 0 Å². The van der Waals surface area contributed by atoms with Crippen molar-refractivity contribution in [3.05, 3.63) is 71.3 Å². The Balaban J connectivity index is 1.97. The molecule has 1 atom stereocenters. The first-order chi connectivity index (χ1) is 9.26. The summed E-state index contributed by atoms with van der Waals surface area (Å²) in [5.74, 6) is 0. The van der Waals surface area contributed by atoms with E-state index in [9.17, 15) is 0 Å². The van der Waals surface area contributed by atoms with Gasteiger partial charge in [-0.15, -0.1) is 0 Å². The molecular formula is C18H21N. The molecule has 1 aliphatic rings. The first-order valence-electron chi connectivity index (χ1n) is 7.06. The van der Waals surface area contributed by atoms with E-state index in [1.54, 1.807) is 0 Å². The molecule has 1 aliphatic carbocycles. The Hall–Kier alpha value is -1.60. The van der Waals surface area contributed by atoms with Gasteiger partial charge in [0.1, 0.15) is 0 Å². The molecule has 1 nitrogen and oxygen atoms in total. The fourth-order valence-corrected chi connectivity index (χ4v) is 3.17. The first kappa shape index (κ1) is 12.4. The number of hydrogen-bond acceptors (Lipinski definition) is 1. The van der Waals surface area contributed by atoms with Crippen molar-refractivity contribution in [3.63, 3.8) is 0 Å². The zero-order valence-corrected chi connectivity index (χ0v) is 11.7. The fourth-order valence-electron chi connectivity index (χ4n) is 3.17. The molecule has 0 bridgehead atoms. The average molecular weight is 251 g/mol. The Morgan fingerprint density at radius 2 is 1.58 bits per heavy atom. The Bertz CT molecular complexity index is 538. The van der Waals surface area contributed by atoms with Gasteiger partial charge in [0.25, 0.3) is 0 Å². The molecule has 19 heavy (non-hydrogen) atoms. The number of hydrogen-bond donors (Lipinski definition) is 1. The van der Waals surface area contributed by atoms with Crippen molar-refractivity contribution in [2.24, 2.45) is 0 Å². The van der Waals surface area contributed by atoms with Gasteiger partial charge < -0.3 is 5.32 Å². The molecular weight excluding hydrogens is 230 g/mol. The van der Waals surface area contributed by atoms with Crippen LogP contribution < -0.4 is 5.32 Å². The lowest BCUT2D eigenvalue weighted by Crippen LogP contribution is -2.29. The first-order valence-corrected chi connectivity index (χ1v) is 7.06. The molecule has 0 amide bonds. The van der Waals surface area contributed by atoms with Gasteiger partial charge in [-0.05, 0) is 37.9 Å². The molecule has 0 aromatic heterocycles. The second-order valence-corrected chi connectivity index (χ2v) is 5.65. The van der Waals surface area contributed by atoms with Gasteiger partial charge in [-0.3, -0.25) is 0 Å². The van der Waals surface area contributed by atoms with Crippen molar-refractivity contribution < 1.29 is 0 Å². The molecule has 1 N–H and O–H groups in total. The van der Waals surface area contributed by atoms with Crippen LogP contribution in [0.2, 0.25) is 0 Å². The predicted molar refractivity (Wildman–Crippen MR) is 80.3 cm³/mol. The van der Waals surface area contributed by atoms with Crippen LogP contribution in [0.5, 0.6) is 0 Å². The largest absolute Gasteiger partial charge is 0.312 e. The summed E-state index contributed by atoms with van der Waals surface area (Å²) in [6.45, 7) is 2.14. The molecule has 2 aromatic carbocycles. The highest BCUT2D eigenvalue weighted by Crippen LogP contribution is 2.56. The predicted octanol–water partition coefficient (Wildman–Crippen LogP) is 3.99. The molecule has 0 spiro atoms. The maximum Gasteiger partial charge on any atom is 0.0415 e. The van der Waals surface area contributed by atoms with Gasteiger partial charge in [0.15, 0.2) is 0 Å². The molecule has 1 unspecified atom stereocenters. The van der Waals surface area contributed by atoms with E-state index in [0.29, 0.717) is 11.5 Å². The second-order valence-electron chi connectivity index (χ2n) is 5.65. The molecule has 2 aromatic rings. The quantitative estimate of drug-likeness (QED) is 0.866. The van der Waals surface area contributed by atoms with E-state index in [-0.39, 0.29) is 0 Å². The standard InChI is InChI=1S/C18H21N/c1-14-8-10-15(11-9-14)17(19-2)18(12-13-18)16-6-4-3-5-7-16/h3-11,17,19H,12-13H2,1-2H3. The minimum absolute atomic E-state index is 0.297. The lowest BCUT2D eigenvalue weighted by atomic mass is 9.84. The van der Waals surface area contributed by atoms with Crippen molar-refractivity contribution in [2.45, 2.75) is 31.2 Å². The number of nitrogens with one attached hydrogen (secondary N) is 1. The smallest absolute Gasteiger partial charge is 0.0415 e. The summed E-state index contributed by atoms with van der Waals surface area (Å²) in [4.78, 5) is 0. The summed E-state index contributed by atoms with van der Waals surface area (Å²) < 4.78 is 0. The molecule has 1 heteroatoms. The summed E-state index contributed by atoms with van der Waals surface area (Å²) >= 11 is 0. The molecule has 0 heterocycles. The van der Waals surface area contributed by atoms with E-state index in [4.69, 9.17) is 0 Å². The summed E-state index contributed by atoms with van der Waals surface area (Å²) in [6.07, 6.45) is 2.55. The normalized spacial score (nSPS) is 18.0. The van der Waals surface area contributed by atoms with Crippen molar-refractivity contribution in [2.75, 3.05) is 7.05 Å². The Morgan fingerprint density at radius 1 is 0.947 bits per heavy atom. The van der Waals surface area contributed by atoms with Crippen LogP contribution in [0, 0.1) is 6.92 Å². The van der Waals surface area contributed by atoms with Crippen LogP contribution in [0.25, 0.3) is 0 Å². The van der Waals surface area contributed by atoms with Crippen LogP contribution >= 0.6 is 0 Å². The molecule has 3 rings (SSSR count). The summed E-state index contributed by atoms with van der Waals surface area (Å²) in [5.41, 5.74) is 4.48. The number of aryl methyl sites for hydroxylation is 1. The number of benzene rings is 2. The van der Waals surface area contributed by atoms with Crippen LogP contribution in [0.1, 0.15) is 35.6 Å². The monoisotopic (exact) mass is 251 g/mol. The van der Waals surface area contributed by atoms with E-state index in [1.807, 2.05) is 0 Å². The summed E-state index contributed by atoms with van der Waals surface area (Å²) in [7, 11) is 2.08. The minimum Gasteiger partial charge on any atom is -0.312 e. The molecule has 1 saturated carbocycles. The van der Waals surface area contributed by atoms with Gasteiger partial charge >= 0.3 is 0 Å². The van der Waals surface area contributed by atoms with E-state index in [0.717, 1.165) is 0 Å². The van der Waals surface area contributed by atoms with E-state index < -0.39 is 0 Å². The van der Waals surface area contributed by atoms with E-state index >= 15 is 0 Å². The summed E-state index contributed by atoms with van der Waals surface area (Å²) in [5, 5.41) is 3.54. The van der Waals surface area contributed by atoms with Gasteiger partial charge in [0, 0.05) is 11.5 Å². The molecule has 1 fully saturated rings. The van der Waals surface area contributed by atoms with Crippen LogP contribution in [-0.4, -0.2) is 7.05 Å². The van der Waals surface area contributed by atoms with Crippen LogP contribution in [-0.2, 0) is 5.41 Å². The molecule has 0 radical (unpaired) electrons. The molecule has 98 valence electrons. The SMILES string of the molecule is CNC(c1ccc(C)cc1)C1(c2ccccc2)CC1. The van der Waals surface area contributed by atoms with Gasteiger partial charge in [0.05, 0.1) is 0 Å². The average Bonchev–Trinajstić information content (AvgIpc) is 3.24. The molecule has 0 saturated heterocycles. The lowest BCUT2D eigenvalue weighted by molar-refractivity contribution is 0.463. The highest BCUT2D eigenvalue weighted by molar-refractivity contribution is 5.39. The van der Waals surface area contributed by atoms with Gasteiger partial charge in [0.2, 0.25) is 0 Å². The van der Waals surface area contributed by atoms with Crippen LogP contribution in [0.3, 0.4) is 0 Å². The maximum atomic E-state index is 3.54. The van der Waals surface area contributed by atoms with E-state index in [2.05, 4.69) is 73.9 Å². The van der Waals surface area contributed by atoms with Gasteiger partial charge in [-0.2, -0.15) is 0 Å². The van der Waals surface area contributed by atoms with Crippen LogP contribution in [0.15, 0.2) is 54.6 Å². The zero-order valence-electron chi connectivity index (χ0n) is 11.7. The Kier molecular flexibility index (Phi) is 3.16. The van der Waals surface area contributed by atoms with Crippen LogP contribution in [0.4, 0.5) is 0 Å². The fraction of sp³-hybridized carbons (Fsp3) is 0.333. The highest BCUT2D eigenvalue weighted by Gasteiger charge is 2.50. The topological polar surface area (TPSA) is 12.0 Å². The third kappa shape index (κ3) is 2.19. The van der Waals surface area contributed by atoms with E-state index in [1.165, 1.54) is 29.5 Å². The zero-order chi connectivity index (χ0) is 13.3. The number of rotatable bonds is 4. The Morgan fingerprint density at radius 3 is 2.11 bits per heavy atom. The highest BCUT2D eigenvalue weighted by atomic mass is 14.9. The molecule has 0 aliphatic heterocycles. The minimum atomic E-state index is 0.297. The van der Waals surface area contributed by atoms with Crippen molar-refractivity contribution in [1.82, 2.24) is 5.32 Å². The second kappa shape index (κ2) is 4.82. The maximum absolute atomic E-state index is 3.54. The number of likely N-dealkylation sites (N-methyl/N-ethyl adjacent to an activating group) is 1. The van der Waals surface area contributed by atoms with Gasteiger partial charge in [-0.1, -0.05) is 60.2 Å². The summed E-state index contributed by atoms with van der Waals surface area (Å²) in [6, 6.07) is 20.3. The van der Waals surface area contributed by atoms with Crippen molar-refractivity contribution in [3.8, 4) is 0 Å². The van der Waals surface area contributed by atoms with Crippen molar-refractivity contribution >= 4 is 0 Å². The van der Waals surface area contributed by atoms with Crippen molar-refractivity contribution in [1.29, 1.82) is 0 Å².